The SMILES string of the molecule is C[C@@H]1CN(c2nc3cc(Cl)ccc3o2)CCO1. The second-order valence-corrected chi connectivity index (χ2v) is 4.67. The highest BCUT2D eigenvalue weighted by atomic mass is 35.5. The lowest BCUT2D eigenvalue weighted by atomic mass is 10.3. The van der Waals surface area contributed by atoms with Crippen LogP contribution in [0.25, 0.3) is 11.1 Å². The first-order chi connectivity index (χ1) is 8.22. The van der Waals surface area contributed by atoms with Crippen molar-refractivity contribution in [3.63, 3.8) is 0 Å². The Labute approximate surface area is 104 Å². The Balaban J connectivity index is 1.94. The lowest BCUT2D eigenvalue weighted by molar-refractivity contribution is 0.0515. The Morgan fingerprint density at radius 1 is 1.47 bits per heavy atom. The smallest absolute Gasteiger partial charge is 0.298 e. The number of rotatable bonds is 1. The molecule has 1 fully saturated rings. The fraction of sp³-hybridized carbons (Fsp3) is 0.417. The molecule has 90 valence electrons. The van der Waals surface area contributed by atoms with Crippen molar-refractivity contribution in [2.45, 2.75) is 13.0 Å². The van der Waals surface area contributed by atoms with Crippen LogP contribution in [0.15, 0.2) is 22.6 Å². The van der Waals surface area contributed by atoms with Gasteiger partial charge in [-0.25, -0.2) is 0 Å². The van der Waals surface area contributed by atoms with E-state index in [1.165, 1.54) is 0 Å². The minimum atomic E-state index is 0.211. The number of fused-ring (bicyclic) bond motifs is 1. The molecule has 0 amide bonds. The van der Waals surface area contributed by atoms with Crippen molar-refractivity contribution in [3.05, 3.63) is 23.2 Å². The molecule has 0 radical (unpaired) electrons. The maximum Gasteiger partial charge on any atom is 0.298 e. The van der Waals surface area contributed by atoms with Gasteiger partial charge in [-0.3, -0.25) is 0 Å². The van der Waals surface area contributed by atoms with E-state index < -0.39 is 0 Å². The van der Waals surface area contributed by atoms with Gasteiger partial charge in [0.2, 0.25) is 0 Å². The van der Waals surface area contributed by atoms with Crippen LogP contribution in [-0.2, 0) is 4.74 Å². The molecule has 5 heteroatoms. The largest absolute Gasteiger partial charge is 0.423 e. The van der Waals surface area contributed by atoms with Crippen LogP contribution in [0.1, 0.15) is 6.92 Å². The van der Waals surface area contributed by atoms with E-state index in [1.54, 1.807) is 6.07 Å². The van der Waals surface area contributed by atoms with Crippen LogP contribution in [0.3, 0.4) is 0 Å². The summed E-state index contributed by atoms with van der Waals surface area (Å²) in [5.74, 6) is 0. The predicted molar refractivity (Wildman–Crippen MR) is 66.6 cm³/mol. The van der Waals surface area contributed by atoms with Gasteiger partial charge in [-0.05, 0) is 25.1 Å². The van der Waals surface area contributed by atoms with Gasteiger partial charge < -0.3 is 14.1 Å². The van der Waals surface area contributed by atoms with E-state index in [2.05, 4.69) is 9.88 Å². The molecule has 1 atom stereocenters. The monoisotopic (exact) mass is 252 g/mol. The standard InChI is InChI=1S/C12H13ClN2O2/c1-8-7-15(4-5-16-8)12-14-10-6-9(13)2-3-11(10)17-12/h2-3,6,8H,4-5,7H2,1H3/t8-/m1/s1. The fourth-order valence-corrected chi connectivity index (χ4v) is 2.18. The molecule has 0 N–H and O–H groups in total. The van der Waals surface area contributed by atoms with E-state index in [0.29, 0.717) is 17.6 Å². The van der Waals surface area contributed by atoms with Gasteiger partial charge in [0.1, 0.15) is 5.52 Å². The third-order valence-corrected chi connectivity index (χ3v) is 3.09. The minimum absolute atomic E-state index is 0.211. The van der Waals surface area contributed by atoms with Gasteiger partial charge in [-0.1, -0.05) is 11.6 Å². The van der Waals surface area contributed by atoms with Crippen LogP contribution >= 0.6 is 11.6 Å². The van der Waals surface area contributed by atoms with Gasteiger partial charge in [0, 0.05) is 18.1 Å². The number of morpholine rings is 1. The van der Waals surface area contributed by atoms with E-state index in [0.717, 1.165) is 24.2 Å². The molecular weight excluding hydrogens is 240 g/mol. The van der Waals surface area contributed by atoms with Crippen molar-refractivity contribution >= 4 is 28.7 Å². The van der Waals surface area contributed by atoms with Gasteiger partial charge in [0.15, 0.2) is 5.58 Å². The zero-order valence-electron chi connectivity index (χ0n) is 9.52. The number of benzene rings is 1. The van der Waals surface area contributed by atoms with E-state index >= 15 is 0 Å². The average Bonchev–Trinajstić information content (AvgIpc) is 2.72. The van der Waals surface area contributed by atoms with Crippen molar-refractivity contribution in [2.24, 2.45) is 0 Å². The normalized spacial score (nSPS) is 21.1. The summed E-state index contributed by atoms with van der Waals surface area (Å²) in [7, 11) is 0. The van der Waals surface area contributed by atoms with Crippen molar-refractivity contribution < 1.29 is 9.15 Å². The second-order valence-electron chi connectivity index (χ2n) is 4.24. The van der Waals surface area contributed by atoms with Gasteiger partial charge in [0.05, 0.1) is 12.7 Å². The molecule has 1 saturated heterocycles. The molecule has 1 aliphatic heterocycles. The summed E-state index contributed by atoms with van der Waals surface area (Å²) in [5, 5.41) is 0.674. The van der Waals surface area contributed by atoms with E-state index in [1.807, 2.05) is 19.1 Å². The van der Waals surface area contributed by atoms with Crippen molar-refractivity contribution in [1.82, 2.24) is 4.98 Å². The van der Waals surface area contributed by atoms with Gasteiger partial charge >= 0.3 is 0 Å². The van der Waals surface area contributed by atoms with Crippen LogP contribution in [0.2, 0.25) is 5.02 Å². The van der Waals surface area contributed by atoms with Crippen LogP contribution in [0, 0.1) is 0 Å². The molecule has 1 aromatic carbocycles. The predicted octanol–water partition coefficient (Wildman–Crippen LogP) is 2.71. The molecule has 0 spiro atoms. The zero-order chi connectivity index (χ0) is 11.8. The van der Waals surface area contributed by atoms with Crippen LogP contribution in [-0.4, -0.2) is 30.8 Å². The van der Waals surface area contributed by atoms with Crippen LogP contribution in [0.4, 0.5) is 6.01 Å². The highest BCUT2D eigenvalue weighted by molar-refractivity contribution is 6.31. The molecule has 1 aliphatic rings. The lowest BCUT2D eigenvalue weighted by Gasteiger charge is -2.29. The first kappa shape index (κ1) is 10.9. The highest BCUT2D eigenvalue weighted by Crippen LogP contribution is 2.25. The summed E-state index contributed by atoms with van der Waals surface area (Å²) < 4.78 is 11.2. The number of halogens is 1. The second kappa shape index (κ2) is 4.20. The fourth-order valence-electron chi connectivity index (χ4n) is 2.02. The Bertz CT molecular complexity index is 540. The molecule has 0 bridgehead atoms. The van der Waals surface area contributed by atoms with Crippen molar-refractivity contribution in [1.29, 1.82) is 0 Å². The third-order valence-electron chi connectivity index (χ3n) is 2.85. The topological polar surface area (TPSA) is 38.5 Å². The first-order valence-electron chi connectivity index (χ1n) is 5.65. The highest BCUT2D eigenvalue weighted by Gasteiger charge is 2.21. The zero-order valence-corrected chi connectivity index (χ0v) is 10.3. The summed E-state index contributed by atoms with van der Waals surface area (Å²) in [6, 6.07) is 6.12. The number of ether oxygens (including phenoxy) is 1. The van der Waals surface area contributed by atoms with Crippen LogP contribution < -0.4 is 4.90 Å². The molecule has 2 heterocycles. The minimum Gasteiger partial charge on any atom is -0.423 e. The van der Waals surface area contributed by atoms with Gasteiger partial charge in [-0.15, -0.1) is 0 Å². The first-order valence-corrected chi connectivity index (χ1v) is 6.03. The number of nitrogens with zero attached hydrogens (tertiary/aromatic N) is 2. The van der Waals surface area contributed by atoms with Gasteiger partial charge in [-0.2, -0.15) is 4.98 Å². The Morgan fingerprint density at radius 3 is 3.18 bits per heavy atom. The molecule has 1 aromatic heterocycles. The molecular formula is C12H13ClN2O2. The molecule has 0 saturated carbocycles. The van der Waals surface area contributed by atoms with Gasteiger partial charge in [0.25, 0.3) is 6.01 Å². The Morgan fingerprint density at radius 2 is 2.35 bits per heavy atom. The molecule has 2 aromatic rings. The molecule has 17 heavy (non-hydrogen) atoms. The van der Waals surface area contributed by atoms with Crippen molar-refractivity contribution in [2.75, 3.05) is 24.6 Å². The quantitative estimate of drug-likeness (QED) is 0.782. The summed E-state index contributed by atoms with van der Waals surface area (Å²) in [4.78, 5) is 6.55. The van der Waals surface area contributed by atoms with E-state index in [-0.39, 0.29) is 6.10 Å². The number of oxazole rings is 1. The maximum absolute atomic E-state index is 5.92. The maximum atomic E-state index is 5.92. The summed E-state index contributed by atoms with van der Waals surface area (Å²) >= 11 is 5.92. The number of hydrogen-bond acceptors (Lipinski definition) is 4. The third kappa shape index (κ3) is 2.10. The number of aromatic nitrogens is 1. The van der Waals surface area contributed by atoms with Crippen LogP contribution in [0.5, 0.6) is 0 Å². The summed E-state index contributed by atoms with van der Waals surface area (Å²) in [6.07, 6.45) is 0.211. The lowest BCUT2D eigenvalue weighted by Crippen LogP contribution is -2.41. The number of hydrogen-bond donors (Lipinski definition) is 0. The molecule has 4 nitrogen and oxygen atoms in total. The average molecular weight is 253 g/mol. The summed E-state index contributed by atoms with van der Waals surface area (Å²) in [5.41, 5.74) is 1.56. The molecule has 3 rings (SSSR count). The Kier molecular flexibility index (Phi) is 2.68. The molecule has 0 unspecified atom stereocenters. The summed E-state index contributed by atoms with van der Waals surface area (Å²) in [6.45, 7) is 4.37. The van der Waals surface area contributed by atoms with Crippen molar-refractivity contribution in [3.8, 4) is 0 Å². The molecule has 0 aliphatic carbocycles. The van der Waals surface area contributed by atoms with E-state index in [9.17, 15) is 0 Å². The Hall–Kier alpha value is -1.26. The number of anilines is 1. The van der Waals surface area contributed by atoms with E-state index in [4.69, 9.17) is 20.8 Å².